The van der Waals surface area contributed by atoms with E-state index in [4.69, 9.17) is 4.89 Å². The number of aromatic nitrogens is 1. The zero-order chi connectivity index (χ0) is 12.3. The average molecular weight is 250 g/mol. The third-order valence-corrected chi connectivity index (χ3v) is 2.59. The van der Waals surface area contributed by atoms with Crippen molar-refractivity contribution in [2.75, 3.05) is 6.61 Å². The van der Waals surface area contributed by atoms with Crippen LogP contribution in [0.2, 0.25) is 0 Å². The molecule has 2 rings (SSSR count). The Morgan fingerprint density at radius 1 is 1.35 bits per heavy atom. The smallest absolute Gasteiger partial charge is 0.290 e. The van der Waals surface area contributed by atoms with Gasteiger partial charge >= 0.3 is 8.25 Å². The molecule has 0 amide bonds. The number of pyridine rings is 1. The van der Waals surface area contributed by atoms with Crippen molar-refractivity contribution < 1.29 is 18.8 Å². The van der Waals surface area contributed by atoms with Crippen molar-refractivity contribution in [3.05, 3.63) is 42.2 Å². The number of Topliss-reactive ketones (excluding diaryl/α,β-unsaturated/α-hetero) is 1. The zero-order valence-electron chi connectivity index (χ0n) is 8.74. The van der Waals surface area contributed by atoms with E-state index < -0.39 is 20.6 Å². The van der Waals surface area contributed by atoms with Crippen LogP contribution in [-0.2, 0) is 9.09 Å². The summed E-state index contributed by atoms with van der Waals surface area (Å²) in [5.74, 6) is -0.417. The van der Waals surface area contributed by atoms with Gasteiger partial charge in [-0.15, -0.1) is 9.42 Å². The van der Waals surface area contributed by atoms with Crippen molar-refractivity contribution in [1.82, 2.24) is 4.98 Å². The zero-order valence-corrected chi connectivity index (χ0v) is 9.63. The number of benzene rings is 1. The summed E-state index contributed by atoms with van der Waals surface area (Å²) in [5.41, 5.74) is 0.250. The molecular weight excluding hydrogens is 241 g/mol. The third kappa shape index (κ3) is 2.71. The first-order valence-corrected chi connectivity index (χ1v) is 5.97. The number of nitrogens with zero attached hydrogens (tertiary/aromatic N) is 1. The fraction of sp³-hybridized carbons (Fsp3) is 0.0909. The molecule has 1 aromatic carbocycles. The number of fused-ring (bicyclic) bond motifs is 1. The first-order valence-electron chi connectivity index (χ1n) is 4.84. The summed E-state index contributed by atoms with van der Waals surface area (Å²) in [4.78, 5) is 24.2. The number of hydrogen-bond acceptors (Lipinski definition) is 4. The Labute approximate surface area is 98.0 Å². The monoisotopic (exact) mass is 250 g/mol. The van der Waals surface area contributed by atoms with Crippen LogP contribution in [0.15, 0.2) is 36.5 Å². The van der Waals surface area contributed by atoms with E-state index in [-0.39, 0.29) is 5.69 Å². The van der Waals surface area contributed by atoms with Crippen LogP contribution >= 0.6 is 8.25 Å². The molecule has 1 aromatic heterocycles. The minimum atomic E-state index is -2.77. The van der Waals surface area contributed by atoms with E-state index in [0.29, 0.717) is 5.39 Å². The van der Waals surface area contributed by atoms with Crippen LogP contribution in [0.1, 0.15) is 10.5 Å². The van der Waals surface area contributed by atoms with Gasteiger partial charge in [0.2, 0.25) is 5.78 Å². The fourth-order valence-electron chi connectivity index (χ4n) is 1.52. The first kappa shape index (κ1) is 11.8. The van der Waals surface area contributed by atoms with Gasteiger partial charge in [-0.05, 0) is 11.5 Å². The highest BCUT2D eigenvalue weighted by atomic mass is 31.1. The van der Waals surface area contributed by atoms with Crippen LogP contribution in [0.3, 0.4) is 0 Å². The molecule has 0 spiro atoms. The van der Waals surface area contributed by atoms with E-state index in [0.717, 1.165) is 5.39 Å². The molecule has 0 aliphatic rings. The second kappa shape index (κ2) is 5.10. The maximum absolute atomic E-state index is 11.7. The molecule has 1 unspecified atom stereocenters. The number of carbonyl (C=O) groups is 1. The van der Waals surface area contributed by atoms with Crippen LogP contribution < -0.4 is 0 Å². The lowest BCUT2D eigenvalue weighted by atomic mass is 10.1. The van der Waals surface area contributed by atoms with Gasteiger partial charge in [-0.25, -0.2) is 0 Å². The van der Waals surface area contributed by atoms with Gasteiger partial charge in [0.25, 0.3) is 0 Å². The molecule has 0 aliphatic carbocycles. The predicted octanol–water partition coefficient (Wildman–Crippen LogP) is 2.08. The van der Waals surface area contributed by atoms with Crippen LogP contribution in [0.5, 0.6) is 0 Å². The molecule has 0 saturated heterocycles. The Kier molecular flexibility index (Phi) is 3.54. The minimum Gasteiger partial charge on any atom is -0.290 e. The molecule has 0 saturated carbocycles. The molecule has 0 radical (unpaired) electrons. The molecule has 6 heteroatoms. The van der Waals surface area contributed by atoms with E-state index in [1.165, 1.54) is 6.20 Å². The summed E-state index contributed by atoms with van der Waals surface area (Å²) in [7, 11) is -2.77. The summed E-state index contributed by atoms with van der Waals surface area (Å²) < 4.78 is 14.7. The van der Waals surface area contributed by atoms with Gasteiger partial charge in [0.15, 0.2) is 6.61 Å². The maximum Gasteiger partial charge on any atom is 0.695 e. The molecule has 86 valence electrons. The van der Waals surface area contributed by atoms with Crippen molar-refractivity contribution in [3.63, 3.8) is 0 Å². The standard InChI is InChI=1S/C11H8NO4P/c13-10(7-16-17(14)15)11-9-4-2-1-3-8(9)5-6-12-11/h1-6H,7H2/p+1. The quantitative estimate of drug-likeness (QED) is 0.664. The molecular formula is C11H9NO4P+. The highest BCUT2D eigenvalue weighted by Crippen LogP contribution is 2.19. The Balaban J connectivity index is 2.35. The molecule has 2 aromatic rings. The topological polar surface area (TPSA) is 76.5 Å². The largest absolute Gasteiger partial charge is 0.695 e. The SMILES string of the molecule is O=C(CO[P+](=O)O)c1nccc2ccccc12. The summed E-state index contributed by atoms with van der Waals surface area (Å²) >= 11 is 0. The van der Waals surface area contributed by atoms with Gasteiger partial charge < -0.3 is 0 Å². The van der Waals surface area contributed by atoms with Gasteiger partial charge in [-0.2, -0.15) is 0 Å². The van der Waals surface area contributed by atoms with Crippen molar-refractivity contribution >= 4 is 24.8 Å². The molecule has 17 heavy (non-hydrogen) atoms. The molecule has 1 atom stereocenters. The Hall–Kier alpha value is -1.68. The molecule has 1 heterocycles. The van der Waals surface area contributed by atoms with Crippen LogP contribution in [-0.4, -0.2) is 22.3 Å². The summed E-state index contributed by atoms with van der Waals surface area (Å²) in [6.45, 7) is -0.452. The second-order valence-corrected chi connectivity index (χ2v) is 4.05. The highest BCUT2D eigenvalue weighted by molar-refractivity contribution is 7.32. The van der Waals surface area contributed by atoms with Gasteiger partial charge in [0.05, 0.1) is 0 Å². The summed E-state index contributed by atoms with van der Waals surface area (Å²) in [6, 6.07) is 9.08. The Morgan fingerprint density at radius 3 is 2.88 bits per heavy atom. The van der Waals surface area contributed by atoms with Crippen molar-refractivity contribution in [2.45, 2.75) is 0 Å². The molecule has 0 fully saturated rings. The Morgan fingerprint density at radius 2 is 2.12 bits per heavy atom. The van der Waals surface area contributed by atoms with Crippen molar-refractivity contribution in [3.8, 4) is 0 Å². The fourth-order valence-corrected chi connectivity index (χ4v) is 1.75. The maximum atomic E-state index is 11.7. The van der Waals surface area contributed by atoms with E-state index in [2.05, 4.69) is 9.51 Å². The molecule has 5 nitrogen and oxygen atoms in total. The van der Waals surface area contributed by atoms with E-state index in [1.54, 1.807) is 18.2 Å². The average Bonchev–Trinajstić information content (AvgIpc) is 2.35. The van der Waals surface area contributed by atoms with Crippen LogP contribution in [0.4, 0.5) is 0 Å². The lowest BCUT2D eigenvalue weighted by molar-refractivity contribution is 0.0914. The lowest BCUT2D eigenvalue weighted by Crippen LogP contribution is -2.08. The van der Waals surface area contributed by atoms with Crippen LogP contribution in [0, 0.1) is 0 Å². The molecule has 1 N–H and O–H groups in total. The number of hydrogen-bond donors (Lipinski definition) is 1. The highest BCUT2D eigenvalue weighted by Gasteiger charge is 2.19. The minimum absolute atomic E-state index is 0.250. The first-order chi connectivity index (χ1) is 8.18. The van der Waals surface area contributed by atoms with Gasteiger partial charge in [-0.1, -0.05) is 24.3 Å². The third-order valence-electron chi connectivity index (χ3n) is 2.24. The second-order valence-electron chi connectivity index (χ2n) is 3.32. The van der Waals surface area contributed by atoms with E-state index >= 15 is 0 Å². The van der Waals surface area contributed by atoms with Gasteiger partial charge in [0, 0.05) is 16.1 Å². The normalized spacial score (nSPS) is 11.5. The molecule has 0 aliphatic heterocycles. The van der Waals surface area contributed by atoms with Crippen molar-refractivity contribution in [2.24, 2.45) is 0 Å². The van der Waals surface area contributed by atoms with Crippen LogP contribution in [0.25, 0.3) is 10.8 Å². The van der Waals surface area contributed by atoms with E-state index in [1.807, 2.05) is 12.1 Å². The predicted molar refractivity (Wildman–Crippen MR) is 61.9 cm³/mol. The van der Waals surface area contributed by atoms with Gasteiger partial charge in [0.1, 0.15) is 5.69 Å². The lowest BCUT2D eigenvalue weighted by Gasteiger charge is -2.01. The number of rotatable bonds is 4. The molecule has 0 bridgehead atoms. The van der Waals surface area contributed by atoms with E-state index in [9.17, 15) is 9.36 Å². The number of ketones is 1. The summed E-state index contributed by atoms with van der Waals surface area (Å²) in [6.07, 6.45) is 1.52. The van der Waals surface area contributed by atoms with Crippen molar-refractivity contribution in [1.29, 1.82) is 0 Å². The van der Waals surface area contributed by atoms with Gasteiger partial charge in [-0.3, -0.25) is 9.78 Å². The number of carbonyl (C=O) groups excluding carboxylic acids is 1. The summed E-state index contributed by atoms with van der Waals surface area (Å²) in [5, 5.41) is 1.59. The Bertz CT molecular complexity index is 579.